The van der Waals surface area contributed by atoms with E-state index in [1.807, 2.05) is 24.3 Å². The molecule has 0 saturated heterocycles. The standard InChI is InChI=1S/C14H20N2O2.ClH/c15-7-6-14(17)16-13-3-1-2-12(8-13)10-18-9-11-4-5-11;/h1-3,8,11H,4-7,9-10,15H2,(H,16,17);1H. The number of rotatable bonds is 7. The van der Waals surface area contributed by atoms with Crippen molar-refractivity contribution in [2.75, 3.05) is 18.5 Å². The largest absolute Gasteiger partial charge is 0.376 e. The molecule has 1 aliphatic carbocycles. The third kappa shape index (κ3) is 6.05. The predicted octanol–water partition coefficient (Wildman–Crippen LogP) is 2.32. The average Bonchev–Trinajstić information content (AvgIpc) is 3.14. The molecular formula is C14H21ClN2O2. The van der Waals surface area contributed by atoms with Crippen LogP contribution >= 0.6 is 12.4 Å². The summed E-state index contributed by atoms with van der Waals surface area (Å²) in [5.74, 6) is 0.728. The molecule has 19 heavy (non-hydrogen) atoms. The molecule has 1 fully saturated rings. The van der Waals surface area contributed by atoms with Crippen LogP contribution in [0, 0.1) is 5.92 Å². The molecular weight excluding hydrogens is 264 g/mol. The molecule has 0 atom stereocenters. The van der Waals surface area contributed by atoms with Crippen molar-refractivity contribution < 1.29 is 9.53 Å². The first-order chi connectivity index (χ1) is 8.78. The highest BCUT2D eigenvalue weighted by molar-refractivity contribution is 5.90. The lowest BCUT2D eigenvalue weighted by Crippen LogP contribution is -2.16. The average molecular weight is 285 g/mol. The van der Waals surface area contributed by atoms with Gasteiger partial charge in [-0.25, -0.2) is 0 Å². The minimum atomic E-state index is -0.0476. The lowest BCUT2D eigenvalue weighted by molar-refractivity contribution is -0.116. The summed E-state index contributed by atoms with van der Waals surface area (Å²) in [4.78, 5) is 11.4. The third-order valence-electron chi connectivity index (χ3n) is 2.90. The summed E-state index contributed by atoms with van der Waals surface area (Å²) in [6.45, 7) is 1.83. The van der Waals surface area contributed by atoms with E-state index in [1.54, 1.807) is 0 Å². The second kappa shape index (κ2) is 8.15. The Bertz CT molecular complexity index is 408. The molecule has 1 aromatic rings. The fraction of sp³-hybridized carbons (Fsp3) is 0.500. The quantitative estimate of drug-likeness (QED) is 0.808. The maximum absolute atomic E-state index is 11.4. The van der Waals surface area contributed by atoms with Crippen LogP contribution in [0.2, 0.25) is 0 Å². The Labute approximate surface area is 120 Å². The van der Waals surface area contributed by atoms with E-state index in [-0.39, 0.29) is 18.3 Å². The van der Waals surface area contributed by atoms with E-state index in [4.69, 9.17) is 10.5 Å². The Morgan fingerprint density at radius 2 is 2.21 bits per heavy atom. The zero-order valence-electron chi connectivity index (χ0n) is 10.9. The van der Waals surface area contributed by atoms with Crippen LogP contribution in [0.3, 0.4) is 0 Å². The summed E-state index contributed by atoms with van der Waals surface area (Å²) in [5.41, 5.74) is 7.22. The number of hydrogen-bond donors (Lipinski definition) is 2. The van der Waals surface area contributed by atoms with Crippen molar-refractivity contribution in [3.63, 3.8) is 0 Å². The molecule has 0 spiro atoms. The fourth-order valence-electron chi connectivity index (χ4n) is 1.72. The van der Waals surface area contributed by atoms with Gasteiger partial charge in [-0.15, -0.1) is 12.4 Å². The molecule has 4 nitrogen and oxygen atoms in total. The number of carbonyl (C=O) groups is 1. The van der Waals surface area contributed by atoms with Gasteiger partial charge in [-0.2, -0.15) is 0 Å². The first-order valence-electron chi connectivity index (χ1n) is 6.44. The van der Waals surface area contributed by atoms with Crippen molar-refractivity contribution in [2.24, 2.45) is 11.7 Å². The SMILES string of the molecule is Cl.NCCC(=O)Nc1cccc(COCC2CC2)c1. The lowest BCUT2D eigenvalue weighted by atomic mass is 10.2. The molecule has 0 heterocycles. The highest BCUT2D eigenvalue weighted by Gasteiger charge is 2.20. The number of anilines is 1. The Morgan fingerprint density at radius 3 is 2.89 bits per heavy atom. The van der Waals surface area contributed by atoms with Gasteiger partial charge in [-0.1, -0.05) is 12.1 Å². The van der Waals surface area contributed by atoms with E-state index in [2.05, 4.69) is 5.32 Å². The summed E-state index contributed by atoms with van der Waals surface area (Å²) in [6.07, 6.45) is 2.95. The summed E-state index contributed by atoms with van der Waals surface area (Å²) in [7, 11) is 0. The third-order valence-corrected chi connectivity index (χ3v) is 2.90. The number of benzene rings is 1. The smallest absolute Gasteiger partial charge is 0.225 e. The van der Waals surface area contributed by atoms with Crippen LogP contribution in [0.15, 0.2) is 24.3 Å². The van der Waals surface area contributed by atoms with Crippen LogP contribution in [0.1, 0.15) is 24.8 Å². The Balaban J connectivity index is 0.00000180. The maximum Gasteiger partial charge on any atom is 0.225 e. The molecule has 0 bridgehead atoms. The first-order valence-corrected chi connectivity index (χ1v) is 6.44. The molecule has 0 aliphatic heterocycles. The summed E-state index contributed by atoms with van der Waals surface area (Å²) in [5, 5.41) is 2.82. The topological polar surface area (TPSA) is 64.4 Å². The van der Waals surface area contributed by atoms with Crippen molar-refractivity contribution in [1.82, 2.24) is 0 Å². The highest BCUT2D eigenvalue weighted by Crippen LogP contribution is 2.29. The molecule has 1 saturated carbocycles. The molecule has 5 heteroatoms. The van der Waals surface area contributed by atoms with Gasteiger partial charge in [0.05, 0.1) is 6.61 Å². The minimum absolute atomic E-state index is 0. The monoisotopic (exact) mass is 284 g/mol. The summed E-state index contributed by atoms with van der Waals surface area (Å²) >= 11 is 0. The van der Waals surface area contributed by atoms with Crippen molar-refractivity contribution in [2.45, 2.75) is 25.9 Å². The van der Waals surface area contributed by atoms with Crippen molar-refractivity contribution >= 4 is 24.0 Å². The van der Waals surface area contributed by atoms with Crippen LogP contribution in [-0.4, -0.2) is 19.1 Å². The van der Waals surface area contributed by atoms with Crippen LogP contribution in [0.5, 0.6) is 0 Å². The van der Waals surface area contributed by atoms with Crippen LogP contribution < -0.4 is 11.1 Å². The number of halogens is 1. The first kappa shape index (κ1) is 16.0. The number of hydrogen-bond acceptors (Lipinski definition) is 3. The Morgan fingerprint density at radius 1 is 1.42 bits per heavy atom. The van der Waals surface area contributed by atoms with Crippen LogP contribution in [0.4, 0.5) is 5.69 Å². The van der Waals surface area contributed by atoms with E-state index in [0.717, 1.165) is 23.8 Å². The van der Waals surface area contributed by atoms with E-state index in [1.165, 1.54) is 12.8 Å². The molecule has 0 unspecified atom stereocenters. The molecule has 106 valence electrons. The van der Waals surface area contributed by atoms with Crippen molar-refractivity contribution in [3.05, 3.63) is 29.8 Å². The fourth-order valence-corrected chi connectivity index (χ4v) is 1.72. The molecule has 1 amide bonds. The van der Waals surface area contributed by atoms with Crippen molar-refractivity contribution in [1.29, 1.82) is 0 Å². The Hall–Kier alpha value is -1.10. The zero-order valence-corrected chi connectivity index (χ0v) is 11.7. The molecule has 3 N–H and O–H groups in total. The van der Waals surface area contributed by atoms with Crippen molar-refractivity contribution in [3.8, 4) is 0 Å². The normalized spacial score (nSPS) is 13.7. The highest BCUT2D eigenvalue weighted by atomic mass is 35.5. The van der Waals surface area contributed by atoms with Gasteiger partial charge in [-0.05, 0) is 36.5 Å². The van der Waals surface area contributed by atoms with E-state index in [0.29, 0.717) is 19.6 Å². The van der Waals surface area contributed by atoms with Gasteiger partial charge in [0, 0.05) is 25.3 Å². The molecule has 1 aliphatic rings. The van der Waals surface area contributed by atoms with E-state index < -0.39 is 0 Å². The van der Waals surface area contributed by atoms with Gasteiger partial charge in [-0.3, -0.25) is 4.79 Å². The molecule has 0 radical (unpaired) electrons. The van der Waals surface area contributed by atoms with Gasteiger partial charge >= 0.3 is 0 Å². The van der Waals surface area contributed by atoms with Gasteiger partial charge < -0.3 is 15.8 Å². The predicted molar refractivity (Wildman–Crippen MR) is 78.4 cm³/mol. The number of carbonyl (C=O) groups excluding carboxylic acids is 1. The maximum atomic E-state index is 11.4. The van der Waals surface area contributed by atoms with E-state index in [9.17, 15) is 4.79 Å². The van der Waals surface area contributed by atoms with E-state index >= 15 is 0 Å². The molecule has 2 rings (SSSR count). The van der Waals surface area contributed by atoms with Gasteiger partial charge in [0.15, 0.2) is 0 Å². The summed E-state index contributed by atoms with van der Waals surface area (Å²) < 4.78 is 5.62. The number of ether oxygens (including phenoxy) is 1. The second-order valence-electron chi connectivity index (χ2n) is 4.75. The second-order valence-corrected chi connectivity index (χ2v) is 4.75. The van der Waals surface area contributed by atoms with Gasteiger partial charge in [0.1, 0.15) is 0 Å². The van der Waals surface area contributed by atoms with Gasteiger partial charge in [0.2, 0.25) is 5.91 Å². The Kier molecular flexibility index (Phi) is 6.84. The number of amides is 1. The van der Waals surface area contributed by atoms with Gasteiger partial charge in [0.25, 0.3) is 0 Å². The number of nitrogens with two attached hydrogens (primary N) is 1. The lowest BCUT2D eigenvalue weighted by Gasteiger charge is -2.07. The zero-order chi connectivity index (χ0) is 12.8. The molecule has 0 aromatic heterocycles. The summed E-state index contributed by atoms with van der Waals surface area (Å²) in [6, 6.07) is 7.75. The van der Waals surface area contributed by atoms with Crippen LogP contribution in [0.25, 0.3) is 0 Å². The minimum Gasteiger partial charge on any atom is -0.376 e. The molecule has 1 aromatic carbocycles. The number of nitrogens with one attached hydrogen (secondary N) is 1. The van der Waals surface area contributed by atoms with Crippen LogP contribution in [-0.2, 0) is 16.1 Å².